The molecular weight excluding hydrogens is 901 g/mol. The minimum atomic E-state index is -0.784. The van der Waals surface area contributed by atoms with Crippen LogP contribution in [-0.2, 0) is 28.6 Å². The standard InChI is InChI=1S/C67H112O6/c1-4-7-10-13-15-17-19-21-23-25-27-29-31-32-33-34-36-37-39-41-43-45-47-49-51-54-57-60-66(69)72-63-64(62-71-65(68)59-56-53-12-9-6-3)73-67(70)61-58-55-52-50-48-46-44-42-40-38-35-30-28-26-24-22-20-18-16-14-11-8-5-2/h7,10,15,17,20-23,26-29,32-33,35-38,64H,4-6,8-9,11-14,16,18-19,24-25,30-31,34,39-63H2,1-3H3/b10-7-,17-15-,22-20-,23-21-,28-26-,29-27-,33-32-,37-36-,38-35-. The Balaban J connectivity index is 4.13. The molecular formula is C67H112O6. The topological polar surface area (TPSA) is 78.9 Å². The molecule has 0 heterocycles. The lowest BCUT2D eigenvalue weighted by molar-refractivity contribution is -0.167. The Kier molecular flexibility index (Phi) is 57.4. The monoisotopic (exact) mass is 1010 g/mol. The van der Waals surface area contributed by atoms with Crippen LogP contribution in [0.1, 0.15) is 278 Å². The molecule has 0 aromatic rings. The van der Waals surface area contributed by atoms with Crippen LogP contribution in [0.3, 0.4) is 0 Å². The van der Waals surface area contributed by atoms with Gasteiger partial charge in [0, 0.05) is 19.3 Å². The Morgan fingerprint density at radius 3 is 0.836 bits per heavy atom. The van der Waals surface area contributed by atoms with Crippen molar-refractivity contribution in [2.24, 2.45) is 0 Å². The number of ether oxygens (including phenoxy) is 3. The summed E-state index contributed by atoms with van der Waals surface area (Å²) in [5, 5.41) is 0. The van der Waals surface area contributed by atoms with Crippen LogP contribution in [0.15, 0.2) is 109 Å². The van der Waals surface area contributed by atoms with E-state index in [1.54, 1.807) is 0 Å². The van der Waals surface area contributed by atoms with Crippen LogP contribution in [0.2, 0.25) is 0 Å². The van der Waals surface area contributed by atoms with Crippen molar-refractivity contribution in [2.75, 3.05) is 13.2 Å². The maximum atomic E-state index is 12.8. The number of unbranched alkanes of at least 4 members (excludes halogenated alkanes) is 25. The van der Waals surface area contributed by atoms with Crippen LogP contribution in [-0.4, -0.2) is 37.2 Å². The molecule has 0 N–H and O–H groups in total. The third kappa shape index (κ3) is 58.8. The first-order chi connectivity index (χ1) is 36.0. The van der Waals surface area contributed by atoms with Crippen LogP contribution in [0.5, 0.6) is 0 Å². The molecule has 0 aromatic carbocycles. The number of esters is 3. The molecule has 0 aliphatic carbocycles. The second-order valence-electron chi connectivity index (χ2n) is 19.9. The second kappa shape index (κ2) is 60.6. The van der Waals surface area contributed by atoms with E-state index in [-0.39, 0.29) is 31.1 Å². The number of allylic oxidation sites excluding steroid dienone is 18. The predicted octanol–water partition coefficient (Wildman–Crippen LogP) is 20.7. The first-order valence-corrected chi connectivity index (χ1v) is 30.4. The van der Waals surface area contributed by atoms with Crippen LogP contribution >= 0.6 is 0 Å². The quantitative estimate of drug-likeness (QED) is 0.0261. The van der Waals surface area contributed by atoms with E-state index in [1.807, 2.05) is 0 Å². The molecule has 0 aliphatic rings. The van der Waals surface area contributed by atoms with Gasteiger partial charge < -0.3 is 14.2 Å². The molecule has 0 rings (SSSR count). The Morgan fingerprint density at radius 2 is 0.534 bits per heavy atom. The normalized spacial score (nSPS) is 12.9. The average molecular weight is 1010 g/mol. The van der Waals surface area contributed by atoms with Gasteiger partial charge in [-0.05, 0) is 109 Å². The number of rotatable bonds is 54. The second-order valence-corrected chi connectivity index (χ2v) is 19.9. The molecule has 0 fully saturated rings. The minimum absolute atomic E-state index is 0.0851. The van der Waals surface area contributed by atoms with E-state index >= 15 is 0 Å². The fourth-order valence-electron chi connectivity index (χ4n) is 8.22. The highest BCUT2D eigenvalue weighted by Gasteiger charge is 2.19. The summed E-state index contributed by atoms with van der Waals surface area (Å²) in [6, 6.07) is 0. The molecule has 416 valence electrons. The lowest BCUT2D eigenvalue weighted by atomic mass is 10.1. The third-order valence-corrected chi connectivity index (χ3v) is 12.8. The summed E-state index contributed by atoms with van der Waals surface area (Å²) in [5.74, 6) is -0.913. The zero-order valence-electron chi connectivity index (χ0n) is 47.6. The summed E-state index contributed by atoms with van der Waals surface area (Å²) in [4.78, 5) is 37.9. The lowest BCUT2D eigenvalue weighted by Crippen LogP contribution is -2.30. The Bertz CT molecular complexity index is 1490. The van der Waals surface area contributed by atoms with Gasteiger partial charge in [0.05, 0.1) is 0 Å². The Hall–Kier alpha value is -3.93. The van der Waals surface area contributed by atoms with Crippen LogP contribution < -0.4 is 0 Å². The van der Waals surface area contributed by atoms with Gasteiger partial charge in [-0.25, -0.2) is 0 Å². The van der Waals surface area contributed by atoms with Gasteiger partial charge in [0.2, 0.25) is 0 Å². The largest absolute Gasteiger partial charge is 0.462 e. The molecule has 0 saturated heterocycles. The van der Waals surface area contributed by atoms with Gasteiger partial charge in [-0.2, -0.15) is 0 Å². The predicted molar refractivity (Wildman–Crippen MR) is 316 cm³/mol. The number of hydrogen-bond donors (Lipinski definition) is 0. The molecule has 6 nitrogen and oxygen atoms in total. The van der Waals surface area contributed by atoms with Crippen molar-refractivity contribution in [3.05, 3.63) is 109 Å². The summed E-state index contributed by atoms with van der Waals surface area (Å²) in [6.07, 6.45) is 82.7. The Labute approximate surface area is 450 Å². The highest BCUT2D eigenvalue weighted by atomic mass is 16.6. The van der Waals surface area contributed by atoms with Crippen LogP contribution in [0.4, 0.5) is 0 Å². The maximum absolute atomic E-state index is 12.8. The molecule has 1 atom stereocenters. The molecule has 0 spiro atoms. The van der Waals surface area contributed by atoms with Crippen LogP contribution in [0, 0.1) is 0 Å². The van der Waals surface area contributed by atoms with E-state index in [2.05, 4.69) is 130 Å². The first kappa shape index (κ1) is 69.1. The SMILES string of the molecule is CC/C=C\C/C=C\C/C=C\C/C=C\C/C=C\C/C=C\CCCCCCCCCCC(=O)OCC(COC(=O)CCCCCCC)OC(=O)CCCCCCCCCC/C=C\C/C=C\C/C=C\CCCCCCC. The number of carbonyl (C=O) groups is 3. The summed E-state index contributed by atoms with van der Waals surface area (Å²) in [5.41, 5.74) is 0. The first-order valence-electron chi connectivity index (χ1n) is 30.4. The van der Waals surface area contributed by atoms with Crippen molar-refractivity contribution in [1.82, 2.24) is 0 Å². The molecule has 0 amide bonds. The van der Waals surface area contributed by atoms with Crippen molar-refractivity contribution in [3.8, 4) is 0 Å². The van der Waals surface area contributed by atoms with Crippen molar-refractivity contribution in [1.29, 1.82) is 0 Å². The van der Waals surface area contributed by atoms with Gasteiger partial charge in [-0.3, -0.25) is 14.4 Å². The van der Waals surface area contributed by atoms with Gasteiger partial charge in [-0.1, -0.05) is 259 Å². The molecule has 73 heavy (non-hydrogen) atoms. The summed E-state index contributed by atoms with van der Waals surface area (Å²) >= 11 is 0. The molecule has 0 aromatic heterocycles. The van der Waals surface area contributed by atoms with Gasteiger partial charge in [0.25, 0.3) is 0 Å². The fourth-order valence-corrected chi connectivity index (χ4v) is 8.22. The molecule has 6 heteroatoms. The van der Waals surface area contributed by atoms with Gasteiger partial charge in [-0.15, -0.1) is 0 Å². The van der Waals surface area contributed by atoms with Gasteiger partial charge >= 0.3 is 17.9 Å². The van der Waals surface area contributed by atoms with E-state index in [9.17, 15) is 14.4 Å². The van der Waals surface area contributed by atoms with E-state index in [0.29, 0.717) is 19.3 Å². The van der Waals surface area contributed by atoms with Crippen LogP contribution in [0.25, 0.3) is 0 Å². The summed E-state index contributed by atoms with van der Waals surface area (Å²) in [7, 11) is 0. The van der Waals surface area contributed by atoms with E-state index in [0.717, 1.165) is 128 Å². The molecule has 0 bridgehead atoms. The maximum Gasteiger partial charge on any atom is 0.306 e. The van der Waals surface area contributed by atoms with E-state index in [4.69, 9.17) is 14.2 Å². The highest BCUT2D eigenvalue weighted by molar-refractivity contribution is 5.71. The van der Waals surface area contributed by atoms with Gasteiger partial charge in [0.1, 0.15) is 13.2 Å². The van der Waals surface area contributed by atoms with Crippen molar-refractivity contribution >= 4 is 17.9 Å². The molecule has 0 saturated carbocycles. The zero-order valence-corrected chi connectivity index (χ0v) is 47.6. The van der Waals surface area contributed by atoms with E-state index < -0.39 is 6.10 Å². The number of carbonyl (C=O) groups excluding carboxylic acids is 3. The van der Waals surface area contributed by atoms with Crippen molar-refractivity contribution in [3.63, 3.8) is 0 Å². The molecule has 0 aliphatic heterocycles. The van der Waals surface area contributed by atoms with Gasteiger partial charge in [0.15, 0.2) is 6.10 Å². The lowest BCUT2D eigenvalue weighted by Gasteiger charge is -2.18. The molecule has 0 radical (unpaired) electrons. The third-order valence-electron chi connectivity index (χ3n) is 12.8. The smallest absolute Gasteiger partial charge is 0.306 e. The highest BCUT2D eigenvalue weighted by Crippen LogP contribution is 2.15. The fraction of sp³-hybridized carbons (Fsp3) is 0.687. The Morgan fingerprint density at radius 1 is 0.288 bits per heavy atom. The average Bonchev–Trinajstić information content (AvgIpc) is 3.39. The summed E-state index contributed by atoms with van der Waals surface area (Å²) < 4.78 is 16.7. The van der Waals surface area contributed by atoms with Crippen molar-refractivity contribution < 1.29 is 28.6 Å². The number of hydrogen-bond acceptors (Lipinski definition) is 6. The summed E-state index contributed by atoms with van der Waals surface area (Å²) in [6.45, 7) is 6.42. The van der Waals surface area contributed by atoms with Crippen molar-refractivity contribution in [2.45, 2.75) is 284 Å². The minimum Gasteiger partial charge on any atom is -0.462 e. The van der Waals surface area contributed by atoms with E-state index in [1.165, 1.54) is 109 Å². The molecule has 1 unspecified atom stereocenters. The zero-order chi connectivity index (χ0) is 52.9.